The molecule has 0 atom stereocenters. The maximum atomic E-state index is 5.99. The van der Waals surface area contributed by atoms with Crippen LogP contribution >= 0.6 is 24.0 Å². The minimum atomic E-state index is -0.0273. The van der Waals surface area contributed by atoms with Crippen LogP contribution in [0.4, 0.5) is 0 Å². The van der Waals surface area contributed by atoms with Gasteiger partial charge in [-0.1, -0.05) is 46.5 Å². The van der Waals surface area contributed by atoms with Gasteiger partial charge in [-0.15, -0.1) is 24.0 Å². The van der Waals surface area contributed by atoms with Crippen molar-refractivity contribution in [1.82, 2.24) is 15.6 Å². The Hall–Kier alpha value is -0.830. The monoisotopic (exact) mass is 478 g/mol. The molecule has 1 heterocycles. The Morgan fingerprint density at radius 3 is 2.50 bits per heavy atom. The van der Waals surface area contributed by atoms with Gasteiger partial charge in [0.2, 0.25) is 5.89 Å². The maximum absolute atomic E-state index is 5.99. The van der Waals surface area contributed by atoms with E-state index in [4.69, 9.17) is 9.15 Å². The normalized spacial score (nSPS) is 16.7. The SMILES string of the molecule is CN=C(NCCOC1CCCCCC1)NCc1ncc(C(C)(C)C)o1.I. The van der Waals surface area contributed by atoms with Gasteiger partial charge in [-0.2, -0.15) is 0 Å². The Morgan fingerprint density at radius 2 is 1.92 bits per heavy atom. The lowest BCUT2D eigenvalue weighted by Gasteiger charge is -2.16. The minimum absolute atomic E-state index is 0. The van der Waals surface area contributed by atoms with E-state index in [-0.39, 0.29) is 29.4 Å². The first-order valence-electron chi connectivity index (χ1n) is 9.50. The predicted molar refractivity (Wildman–Crippen MR) is 116 cm³/mol. The molecule has 0 bridgehead atoms. The van der Waals surface area contributed by atoms with E-state index in [1.165, 1.54) is 38.5 Å². The van der Waals surface area contributed by atoms with E-state index in [0.717, 1.165) is 18.3 Å². The number of hydrogen-bond donors (Lipinski definition) is 2. The Balaban J connectivity index is 0.00000338. The van der Waals surface area contributed by atoms with Gasteiger partial charge in [0, 0.05) is 19.0 Å². The first kappa shape index (κ1) is 23.2. The van der Waals surface area contributed by atoms with Gasteiger partial charge in [0.15, 0.2) is 5.96 Å². The van der Waals surface area contributed by atoms with Crippen molar-refractivity contribution in [2.24, 2.45) is 4.99 Å². The molecule has 0 spiro atoms. The summed E-state index contributed by atoms with van der Waals surface area (Å²) in [4.78, 5) is 8.55. The first-order valence-corrected chi connectivity index (χ1v) is 9.50. The zero-order valence-corrected chi connectivity index (χ0v) is 19.0. The van der Waals surface area contributed by atoms with Gasteiger partial charge in [-0.3, -0.25) is 4.99 Å². The maximum Gasteiger partial charge on any atom is 0.213 e. The molecule has 0 aromatic carbocycles. The number of hydrogen-bond acceptors (Lipinski definition) is 4. The number of halogens is 1. The Labute approximate surface area is 175 Å². The average Bonchev–Trinajstić information content (AvgIpc) is 2.91. The highest BCUT2D eigenvalue weighted by molar-refractivity contribution is 14.0. The second-order valence-electron chi connectivity index (χ2n) is 7.71. The predicted octanol–water partition coefficient (Wildman–Crippen LogP) is 3.99. The number of guanidine groups is 1. The molecule has 1 fully saturated rings. The van der Waals surface area contributed by atoms with Crippen LogP contribution in [0, 0.1) is 0 Å². The summed E-state index contributed by atoms with van der Waals surface area (Å²) in [6.07, 6.45) is 9.94. The number of nitrogens with zero attached hydrogens (tertiary/aromatic N) is 2. The molecule has 1 aliphatic carbocycles. The van der Waals surface area contributed by atoms with Crippen molar-refractivity contribution in [3.63, 3.8) is 0 Å². The summed E-state index contributed by atoms with van der Waals surface area (Å²) in [6.45, 7) is 8.30. The largest absolute Gasteiger partial charge is 0.443 e. The number of aromatic nitrogens is 1. The smallest absolute Gasteiger partial charge is 0.213 e. The molecule has 1 aromatic heterocycles. The lowest BCUT2D eigenvalue weighted by Crippen LogP contribution is -2.39. The standard InChI is InChI=1S/C19H34N4O2.HI/c1-19(2,3)16-13-22-17(25-16)14-23-18(20-4)21-11-12-24-15-9-7-5-6-8-10-15;/h13,15H,5-12,14H2,1-4H3,(H2,20,21,23);1H. The van der Waals surface area contributed by atoms with E-state index in [2.05, 4.69) is 41.4 Å². The van der Waals surface area contributed by atoms with Gasteiger partial charge in [0.1, 0.15) is 5.76 Å². The third kappa shape index (κ3) is 8.24. The van der Waals surface area contributed by atoms with Gasteiger partial charge < -0.3 is 19.8 Å². The Kier molecular flexibility index (Phi) is 10.5. The van der Waals surface area contributed by atoms with Crippen molar-refractivity contribution < 1.29 is 9.15 Å². The van der Waals surface area contributed by atoms with Crippen LogP contribution in [-0.4, -0.2) is 37.2 Å². The van der Waals surface area contributed by atoms with Crippen LogP contribution in [0.5, 0.6) is 0 Å². The fourth-order valence-electron chi connectivity index (χ4n) is 2.92. The number of ether oxygens (including phenoxy) is 1. The topological polar surface area (TPSA) is 71.7 Å². The molecular weight excluding hydrogens is 443 g/mol. The van der Waals surface area contributed by atoms with Crippen molar-refractivity contribution in [3.8, 4) is 0 Å². The molecule has 1 aliphatic rings. The fourth-order valence-corrected chi connectivity index (χ4v) is 2.92. The molecule has 2 rings (SSSR count). The van der Waals surface area contributed by atoms with Crippen LogP contribution in [0.3, 0.4) is 0 Å². The lowest BCUT2D eigenvalue weighted by molar-refractivity contribution is 0.0468. The second kappa shape index (κ2) is 11.8. The molecule has 150 valence electrons. The zero-order chi connectivity index (χ0) is 18.1. The molecule has 0 amide bonds. The summed E-state index contributed by atoms with van der Waals surface area (Å²) in [7, 11) is 1.76. The van der Waals surface area contributed by atoms with Crippen molar-refractivity contribution in [2.75, 3.05) is 20.2 Å². The second-order valence-corrected chi connectivity index (χ2v) is 7.71. The molecule has 0 unspecified atom stereocenters. The van der Waals surface area contributed by atoms with E-state index in [1.54, 1.807) is 13.2 Å². The van der Waals surface area contributed by atoms with Gasteiger partial charge in [-0.05, 0) is 12.8 Å². The number of aliphatic imine (C=N–C) groups is 1. The Bertz CT molecular complexity index is 532. The highest BCUT2D eigenvalue weighted by Crippen LogP contribution is 2.22. The highest BCUT2D eigenvalue weighted by Gasteiger charge is 2.19. The van der Waals surface area contributed by atoms with Crippen LogP contribution in [0.25, 0.3) is 0 Å². The number of rotatable bonds is 6. The quantitative estimate of drug-likeness (QED) is 0.213. The summed E-state index contributed by atoms with van der Waals surface area (Å²) < 4.78 is 11.8. The first-order chi connectivity index (χ1) is 12.0. The third-order valence-electron chi connectivity index (χ3n) is 4.47. The molecule has 2 N–H and O–H groups in total. The van der Waals surface area contributed by atoms with Crippen LogP contribution in [0.2, 0.25) is 0 Å². The van der Waals surface area contributed by atoms with Gasteiger partial charge in [-0.25, -0.2) is 4.98 Å². The van der Waals surface area contributed by atoms with Crippen LogP contribution in [-0.2, 0) is 16.7 Å². The van der Waals surface area contributed by atoms with E-state index in [9.17, 15) is 0 Å². The van der Waals surface area contributed by atoms with Gasteiger partial charge in [0.05, 0.1) is 25.5 Å². The molecule has 0 saturated heterocycles. The molecule has 26 heavy (non-hydrogen) atoms. The van der Waals surface area contributed by atoms with Crippen molar-refractivity contribution in [3.05, 3.63) is 17.8 Å². The summed E-state index contributed by atoms with van der Waals surface area (Å²) in [5.41, 5.74) is -0.0273. The molecule has 7 heteroatoms. The fraction of sp³-hybridized carbons (Fsp3) is 0.789. The summed E-state index contributed by atoms with van der Waals surface area (Å²) in [6, 6.07) is 0. The molecule has 0 radical (unpaired) electrons. The molecule has 6 nitrogen and oxygen atoms in total. The Morgan fingerprint density at radius 1 is 1.23 bits per heavy atom. The van der Waals surface area contributed by atoms with Crippen molar-refractivity contribution >= 4 is 29.9 Å². The summed E-state index contributed by atoms with van der Waals surface area (Å²) >= 11 is 0. The zero-order valence-electron chi connectivity index (χ0n) is 16.6. The number of oxazole rings is 1. The molecular formula is C19H35IN4O2. The van der Waals surface area contributed by atoms with Crippen molar-refractivity contribution in [1.29, 1.82) is 0 Å². The van der Waals surface area contributed by atoms with Crippen LogP contribution < -0.4 is 10.6 Å². The van der Waals surface area contributed by atoms with E-state index in [0.29, 0.717) is 25.1 Å². The molecule has 1 aromatic rings. The lowest BCUT2D eigenvalue weighted by atomic mass is 9.94. The highest BCUT2D eigenvalue weighted by atomic mass is 127. The van der Waals surface area contributed by atoms with E-state index in [1.807, 2.05) is 0 Å². The van der Waals surface area contributed by atoms with Crippen LogP contribution in [0.1, 0.15) is 70.9 Å². The number of nitrogens with one attached hydrogen (secondary N) is 2. The molecule has 0 aliphatic heterocycles. The van der Waals surface area contributed by atoms with E-state index >= 15 is 0 Å². The average molecular weight is 478 g/mol. The van der Waals surface area contributed by atoms with Crippen LogP contribution in [0.15, 0.2) is 15.6 Å². The van der Waals surface area contributed by atoms with E-state index < -0.39 is 0 Å². The van der Waals surface area contributed by atoms with Gasteiger partial charge in [0.25, 0.3) is 0 Å². The third-order valence-corrected chi connectivity index (χ3v) is 4.47. The minimum Gasteiger partial charge on any atom is -0.443 e. The summed E-state index contributed by atoms with van der Waals surface area (Å²) in [5, 5.41) is 6.50. The van der Waals surface area contributed by atoms with Gasteiger partial charge >= 0.3 is 0 Å². The van der Waals surface area contributed by atoms with Crippen molar-refractivity contribution in [2.45, 2.75) is 77.4 Å². The summed E-state index contributed by atoms with van der Waals surface area (Å²) in [5.74, 6) is 2.30. The molecule has 1 saturated carbocycles.